The van der Waals surface area contributed by atoms with Crippen molar-refractivity contribution in [2.75, 3.05) is 6.67 Å². The summed E-state index contributed by atoms with van der Waals surface area (Å²) in [6, 6.07) is 4.10. The summed E-state index contributed by atoms with van der Waals surface area (Å²) in [4.78, 5) is 5.29. The largest absolute Gasteiger partial charge is 0.269 e. The zero-order valence-corrected chi connectivity index (χ0v) is 6.71. The summed E-state index contributed by atoms with van der Waals surface area (Å²) in [5.41, 5.74) is 1.12. The fraction of sp³-hybridized carbons (Fsp3) is 0.125. The highest BCUT2D eigenvalue weighted by Crippen LogP contribution is 2.18. The van der Waals surface area contributed by atoms with Crippen LogP contribution < -0.4 is 5.32 Å². The topological polar surface area (TPSA) is 26.5 Å². The van der Waals surface area contributed by atoms with Gasteiger partial charge in [-0.05, 0) is 11.4 Å². The zero-order chi connectivity index (χ0) is 7.52. The Bertz CT molecular complexity index is 285. The van der Waals surface area contributed by atoms with Crippen LogP contribution in [0.15, 0.2) is 28.7 Å². The van der Waals surface area contributed by atoms with Crippen molar-refractivity contribution >= 4 is 23.1 Å². The zero-order valence-electron chi connectivity index (χ0n) is 5.90. The highest BCUT2D eigenvalue weighted by Gasteiger charge is 2.01. The molecule has 2 nitrogen and oxygen atoms in total. The van der Waals surface area contributed by atoms with Crippen LogP contribution in [-0.2, 0) is 0 Å². The van der Waals surface area contributed by atoms with Gasteiger partial charge in [0.25, 0.3) is 0 Å². The van der Waals surface area contributed by atoms with Crippen molar-refractivity contribution in [3.63, 3.8) is 0 Å². The van der Waals surface area contributed by atoms with Crippen LogP contribution in [0.5, 0.6) is 0 Å². The fourth-order valence-electron chi connectivity index (χ4n) is 0.929. The van der Waals surface area contributed by atoms with Crippen LogP contribution in [0.4, 0.5) is 0 Å². The van der Waals surface area contributed by atoms with Crippen LogP contribution in [0.25, 0.3) is 5.57 Å². The highest BCUT2D eigenvalue weighted by atomic mass is 32.1. The maximum atomic E-state index is 4.06. The van der Waals surface area contributed by atoms with Gasteiger partial charge in [-0.2, -0.15) is 0 Å². The lowest BCUT2D eigenvalue weighted by Crippen LogP contribution is -2.03. The third kappa shape index (κ3) is 1.33. The molecule has 11 heavy (non-hydrogen) atoms. The average Bonchev–Trinajstić information content (AvgIpc) is 2.58. The molecule has 0 saturated heterocycles. The van der Waals surface area contributed by atoms with Gasteiger partial charge >= 0.3 is 0 Å². The number of rotatable bonds is 1. The molecule has 0 aliphatic carbocycles. The summed E-state index contributed by atoms with van der Waals surface area (Å²) in [5.74, 6) is 0. The molecule has 3 heteroatoms. The lowest BCUT2D eigenvalue weighted by atomic mass is 10.2. The first-order valence-corrected chi connectivity index (χ1v) is 4.25. The van der Waals surface area contributed by atoms with E-state index in [0.717, 1.165) is 5.57 Å². The Hall–Kier alpha value is -1.09. The lowest BCUT2D eigenvalue weighted by molar-refractivity contribution is 0.866. The Labute approximate surface area is 69.3 Å². The molecule has 1 aromatic rings. The number of thiophene rings is 1. The lowest BCUT2D eigenvalue weighted by Gasteiger charge is -2.02. The molecule has 0 N–H and O–H groups in total. The highest BCUT2D eigenvalue weighted by molar-refractivity contribution is 7.11. The molecule has 1 aliphatic heterocycles. The van der Waals surface area contributed by atoms with Crippen LogP contribution in [-0.4, -0.2) is 12.9 Å². The molecule has 0 amide bonds. The van der Waals surface area contributed by atoms with Gasteiger partial charge in [0.2, 0.25) is 0 Å². The predicted molar refractivity (Wildman–Crippen MR) is 47.8 cm³/mol. The molecule has 0 spiro atoms. The minimum absolute atomic E-state index is 0.578. The van der Waals surface area contributed by atoms with Crippen molar-refractivity contribution in [1.82, 2.24) is 5.32 Å². The third-order valence-corrected chi connectivity index (χ3v) is 2.35. The Morgan fingerprint density at radius 2 is 2.45 bits per heavy atom. The van der Waals surface area contributed by atoms with Gasteiger partial charge in [0.15, 0.2) is 0 Å². The SMILES string of the molecule is C1=NC[N]C=C1c1cccs1. The Balaban J connectivity index is 2.29. The second kappa shape index (κ2) is 2.88. The molecule has 0 saturated carbocycles. The van der Waals surface area contributed by atoms with E-state index >= 15 is 0 Å². The van der Waals surface area contributed by atoms with E-state index in [9.17, 15) is 0 Å². The van der Waals surface area contributed by atoms with Crippen molar-refractivity contribution in [2.24, 2.45) is 4.99 Å². The minimum Gasteiger partial charge on any atom is -0.269 e. The summed E-state index contributed by atoms with van der Waals surface area (Å²) in [5, 5.41) is 6.12. The van der Waals surface area contributed by atoms with E-state index in [1.165, 1.54) is 4.88 Å². The fourth-order valence-corrected chi connectivity index (χ4v) is 1.63. The molecule has 55 valence electrons. The monoisotopic (exact) mass is 163 g/mol. The molecule has 0 fully saturated rings. The molecule has 2 rings (SSSR count). The Morgan fingerprint density at radius 1 is 1.45 bits per heavy atom. The molecule has 1 aliphatic rings. The summed E-state index contributed by atoms with van der Waals surface area (Å²) in [7, 11) is 0. The average molecular weight is 163 g/mol. The van der Waals surface area contributed by atoms with Gasteiger partial charge in [-0.1, -0.05) is 6.07 Å². The van der Waals surface area contributed by atoms with Crippen molar-refractivity contribution in [3.8, 4) is 0 Å². The van der Waals surface area contributed by atoms with Crippen molar-refractivity contribution < 1.29 is 0 Å². The van der Waals surface area contributed by atoms with Crippen molar-refractivity contribution in [2.45, 2.75) is 0 Å². The van der Waals surface area contributed by atoms with Gasteiger partial charge in [0.05, 0.1) is 0 Å². The van der Waals surface area contributed by atoms with E-state index in [2.05, 4.69) is 21.8 Å². The third-order valence-electron chi connectivity index (χ3n) is 1.43. The molecule has 0 unspecified atom stereocenters. The molecule has 0 aromatic carbocycles. The first kappa shape index (κ1) is 6.61. The second-order valence-electron chi connectivity index (χ2n) is 2.20. The van der Waals surface area contributed by atoms with E-state index in [4.69, 9.17) is 0 Å². The normalized spacial score (nSPS) is 15.8. The van der Waals surface area contributed by atoms with E-state index in [1.807, 2.05) is 18.5 Å². The molecule has 1 aromatic heterocycles. The summed E-state index contributed by atoms with van der Waals surface area (Å²) < 4.78 is 0. The van der Waals surface area contributed by atoms with Crippen LogP contribution in [0, 0.1) is 0 Å². The maximum absolute atomic E-state index is 4.06. The first-order valence-electron chi connectivity index (χ1n) is 3.37. The predicted octanol–water partition coefficient (Wildman–Crippen LogP) is 1.74. The number of nitrogens with zero attached hydrogens (tertiary/aromatic N) is 2. The van der Waals surface area contributed by atoms with Crippen molar-refractivity contribution in [1.29, 1.82) is 0 Å². The van der Waals surface area contributed by atoms with Gasteiger partial charge in [0, 0.05) is 22.9 Å². The van der Waals surface area contributed by atoms with E-state index in [0.29, 0.717) is 6.67 Å². The van der Waals surface area contributed by atoms with Gasteiger partial charge in [-0.3, -0.25) is 10.3 Å². The molecular formula is C8H7N2S. The number of aliphatic imine (C=N–C) groups is 1. The minimum atomic E-state index is 0.578. The van der Waals surface area contributed by atoms with Crippen LogP contribution in [0.1, 0.15) is 4.88 Å². The number of hydrogen-bond acceptors (Lipinski definition) is 2. The Kier molecular flexibility index (Phi) is 1.73. The second-order valence-corrected chi connectivity index (χ2v) is 3.15. The number of allylic oxidation sites excluding steroid dienone is 1. The van der Waals surface area contributed by atoms with E-state index < -0.39 is 0 Å². The van der Waals surface area contributed by atoms with Gasteiger partial charge < -0.3 is 0 Å². The first-order chi connectivity index (χ1) is 5.47. The number of hydrogen-bond donors (Lipinski definition) is 0. The van der Waals surface area contributed by atoms with Gasteiger partial charge in [-0.25, -0.2) is 0 Å². The molecule has 0 bridgehead atoms. The van der Waals surface area contributed by atoms with Crippen LogP contribution in [0.3, 0.4) is 0 Å². The molecule has 0 atom stereocenters. The smallest absolute Gasteiger partial charge is 0.129 e. The van der Waals surface area contributed by atoms with Gasteiger partial charge in [-0.15, -0.1) is 11.3 Å². The molecule has 1 radical (unpaired) electrons. The standard InChI is InChI=1S/C8H7N2S/c1-2-8(11-3-1)7-4-9-6-10-5-7/h1-5H,6H2. The summed E-state index contributed by atoms with van der Waals surface area (Å²) in [6.07, 6.45) is 3.75. The van der Waals surface area contributed by atoms with Gasteiger partial charge in [0.1, 0.15) is 6.67 Å². The summed E-state index contributed by atoms with van der Waals surface area (Å²) in [6.45, 7) is 0.578. The van der Waals surface area contributed by atoms with E-state index in [-0.39, 0.29) is 0 Å². The quantitative estimate of drug-likeness (QED) is 0.603. The molecule has 2 heterocycles. The van der Waals surface area contributed by atoms with Crippen molar-refractivity contribution in [3.05, 3.63) is 28.6 Å². The summed E-state index contributed by atoms with van der Waals surface area (Å²) >= 11 is 1.71. The Morgan fingerprint density at radius 3 is 3.09 bits per heavy atom. The van der Waals surface area contributed by atoms with E-state index in [1.54, 1.807) is 11.3 Å². The van der Waals surface area contributed by atoms with Crippen LogP contribution in [0.2, 0.25) is 0 Å². The maximum Gasteiger partial charge on any atom is 0.129 e. The van der Waals surface area contributed by atoms with Crippen LogP contribution >= 0.6 is 11.3 Å². The molecular weight excluding hydrogens is 156 g/mol.